The number of nitrogens with one attached hydrogen (secondary N) is 2. The number of carbonyl (C=O) groups is 1. The average molecular weight is 258 g/mol. The van der Waals surface area contributed by atoms with E-state index in [4.69, 9.17) is 5.73 Å². The van der Waals surface area contributed by atoms with Crippen molar-refractivity contribution in [2.75, 3.05) is 18.4 Å². The Kier molecular flexibility index (Phi) is 4.41. The lowest BCUT2D eigenvalue weighted by Gasteiger charge is -2.10. The zero-order valence-electron chi connectivity index (χ0n) is 9.30. The summed E-state index contributed by atoms with van der Waals surface area (Å²) in [5.74, 6) is -0.755. The van der Waals surface area contributed by atoms with Gasteiger partial charge in [0.2, 0.25) is 5.91 Å². The number of amides is 1. The molecule has 0 bridgehead atoms. The van der Waals surface area contributed by atoms with Crippen molar-refractivity contribution < 1.29 is 13.2 Å². The van der Waals surface area contributed by atoms with Gasteiger partial charge in [-0.05, 0) is 19.1 Å². The molecule has 8 heteroatoms. The molecule has 94 valence electrons. The van der Waals surface area contributed by atoms with E-state index in [1.807, 2.05) is 6.92 Å². The first-order valence-corrected chi connectivity index (χ1v) is 6.42. The van der Waals surface area contributed by atoms with E-state index < -0.39 is 22.5 Å². The Balaban J connectivity index is 3.01. The molecule has 0 unspecified atom stereocenters. The fraction of sp³-hybridized carbons (Fsp3) is 0.333. The van der Waals surface area contributed by atoms with Crippen LogP contribution in [0.5, 0.6) is 0 Å². The summed E-state index contributed by atoms with van der Waals surface area (Å²) in [7, 11) is -3.83. The van der Waals surface area contributed by atoms with Gasteiger partial charge in [0.25, 0.3) is 10.0 Å². The van der Waals surface area contributed by atoms with Crippen molar-refractivity contribution in [1.29, 1.82) is 0 Å². The van der Waals surface area contributed by atoms with Crippen molar-refractivity contribution in [3.8, 4) is 0 Å². The molecule has 0 aromatic carbocycles. The second-order valence-electron chi connectivity index (χ2n) is 3.18. The number of nitrogens with zero attached hydrogens (tertiary/aromatic N) is 1. The summed E-state index contributed by atoms with van der Waals surface area (Å²) in [5.41, 5.74) is 5.25. The maximum absolute atomic E-state index is 11.8. The van der Waals surface area contributed by atoms with Gasteiger partial charge < -0.3 is 11.1 Å². The molecule has 0 radical (unpaired) electrons. The minimum atomic E-state index is -3.83. The number of primary amides is 1. The molecule has 0 aliphatic carbocycles. The van der Waals surface area contributed by atoms with Gasteiger partial charge in [-0.15, -0.1) is 0 Å². The number of rotatable bonds is 6. The number of carbonyl (C=O) groups excluding carboxylic acids is 1. The summed E-state index contributed by atoms with van der Waals surface area (Å²) in [6.07, 6.45) is 1.36. The average Bonchev–Trinajstić information content (AvgIpc) is 2.28. The van der Waals surface area contributed by atoms with Crippen molar-refractivity contribution >= 4 is 21.6 Å². The van der Waals surface area contributed by atoms with Crippen LogP contribution in [-0.4, -0.2) is 32.4 Å². The molecule has 0 atom stereocenters. The molecule has 4 N–H and O–H groups in total. The number of pyridine rings is 1. The van der Waals surface area contributed by atoms with Gasteiger partial charge >= 0.3 is 0 Å². The van der Waals surface area contributed by atoms with Crippen LogP contribution in [-0.2, 0) is 14.8 Å². The van der Waals surface area contributed by atoms with Gasteiger partial charge in [-0.25, -0.2) is 18.1 Å². The first-order valence-electron chi connectivity index (χ1n) is 4.94. The highest BCUT2D eigenvalue weighted by atomic mass is 32.2. The summed E-state index contributed by atoms with van der Waals surface area (Å²) in [5, 5.41) is 2.72. The first-order chi connectivity index (χ1) is 7.97. The minimum Gasteiger partial charge on any atom is -0.383 e. The Morgan fingerprint density at radius 3 is 2.82 bits per heavy atom. The normalized spacial score (nSPS) is 11.1. The van der Waals surface area contributed by atoms with Crippen LogP contribution in [0, 0.1) is 0 Å². The topological polar surface area (TPSA) is 114 Å². The van der Waals surface area contributed by atoms with Crippen molar-refractivity contribution in [3.63, 3.8) is 0 Å². The van der Waals surface area contributed by atoms with Gasteiger partial charge in [-0.1, -0.05) is 0 Å². The SMILES string of the molecule is CCNc1cccnc1S(=O)(=O)NCC(N)=O. The van der Waals surface area contributed by atoms with Crippen LogP contribution in [0.2, 0.25) is 0 Å². The van der Waals surface area contributed by atoms with E-state index in [1.165, 1.54) is 6.20 Å². The van der Waals surface area contributed by atoms with Crippen LogP contribution in [0.3, 0.4) is 0 Å². The molecule has 0 aliphatic rings. The van der Waals surface area contributed by atoms with E-state index in [-0.39, 0.29) is 5.03 Å². The molecule has 0 fully saturated rings. The van der Waals surface area contributed by atoms with Gasteiger partial charge in [0.05, 0.1) is 12.2 Å². The van der Waals surface area contributed by atoms with Crippen LogP contribution in [0.15, 0.2) is 23.4 Å². The van der Waals surface area contributed by atoms with Gasteiger partial charge in [0.15, 0.2) is 5.03 Å². The molecule has 1 aromatic heterocycles. The number of hydrogen-bond donors (Lipinski definition) is 3. The summed E-state index contributed by atoms with van der Waals surface area (Å²) in [6.45, 7) is 1.94. The summed E-state index contributed by atoms with van der Waals surface area (Å²) in [4.78, 5) is 14.3. The van der Waals surface area contributed by atoms with E-state index >= 15 is 0 Å². The standard InChI is InChI=1S/C9H14N4O3S/c1-2-11-7-4-3-5-12-9(7)17(15,16)13-6-8(10)14/h3-5,11,13H,2,6H2,1H3,(H2,10,14). The Labute approximate surface area is 99.5 Å². The van der Waals surface area contributed by atoms with Crippen molar-refractivity contribution in [2.24, 2.45) is 5.73 Å². The number of aromatic nitrogens is 1. The smallest absolute Gasteiger partial charge is 0.260 e. The molecule has 1 aromatic rings. The molecule has 0 aliphatic heterocycles. The van der Waals surface area contributed by atoms with Crippen LogP contribution >= 0.6 is 0 Å². The number of hydrogen-bond acceptors (Lipinski definition) is 5. The molecule has 1 heterocycles. The van der Waals surface area contributed by atoms with Gasteiger partial charge in [0, 0.05) is 12.7 Å². The highest BCUT2D eigenvalue weighted by Gasteiger charge is 2.19. The van der Waals surface area contributed by atoms with E-state index in [0.29, 0.717) is 12.2 Å². The first kappa shape index (κ1) is 13.4. The van der Waals surface area contributed by atoms with E-state index in [2.05, 4.69) is 15.0 Å². The maximum Gasteiger partial charge on any atom is 0.260 e. The Morgan fingerprint density at radius 1 is 1.53 bits per heavy atom. The number of nitrogens with two attached hydrogens (primary N) is 1. The molecule has 0 saturated carbocycles. The van der Waals surface area contributed by atoms with Crippen LogP contribution in [0.4, 0.5) is 5.69 Å². The third-order valence-corrected chi connectivity index (χ3v) is 3.19. The fourth-order valence-corrected chi connectivity index (χ4v) is 2.26. The quantitative estimate of drug-likeness (QED) is 0.623. The van der Waals surface area contributed by atoms with Crippen LogP contribution in [0.1, 0.15) is 6.92 Å². The minimum absolute atomic E-state index is 0.150. The fourth-order valence-electron chi connectivity index (χ4n) is 1.16. The molecule has 1 rings (SSSR count). The van der Waals surface area contributed by atoms with Crippen molar-refractivity contribution in [3.05, 3.63) is 18.3 Å². The van der Waals surface area contributed by atoms with Gasteiger partial charge in [-0.3, -0.25) is 4.79 Å². The van der Waals surface area contributed by atoms with Crippen LogP contribution < -0.4 is 15.8 Å². The highest BCUT2D eigenvalue weighted by Crippen LogP contribution is 2.16. The molecular weight excluding hydrogens is 244 g/mol. The number of sulfonamides is 1. The zero-order chi connectivity index (χ0) is 12.9. The summed E-state index contributed by atoms with van der Waals surface area (Å²) >= 11 is 0. The Bertz CT molecular complexity index is 501. The van der Waals surface area contributed by atoms with Gasteiger partial charge in [0.1, 0.15) is 0 Å². The van der Waals surface area contributed by atoms with Crippen molar-refractivity contribution in [1.82, 2.24) is 9.71 Å². The van der Waals surface area contributed by atoms with Crippen molar-refractivity contribution in [2.45, 2.75) is 11.9 Å². The molecule has 7 nitrogen and oxygen atoms in total. The number of anilines is 1. The lowest BCUT2D eigenvalue weighted by atomic mass is 10.4. The second kappa shape index (κ2) is 5.60. The summed E-state index contributed by atoms with van der Waals surface area (Å²) in [6, 6.07) is 3.21. The van der Waals surface area contributed by atoms with E-state index in [0.717, 1.165) is 0 Å². The molecular formula is C9H14N4O3S. The van der Waals surface area contributed by atoms with Gasteiger partial charge in [-0.2, -0.15) is 0 Å². The monoisotopic (exact) mass is 258 g/mol. The largest absolute Gasteiger partial charge is 0.383 e. The lowest BCUT2D eigenvalue weighted by Crippen LogP contribution is -2.34. The Hall–Kier alpha value is -1.67. The molecule has 0 spiro atoms. The second-order valence-corrected chi connectivity index (χ2v) is 4.86. The van der Waals surface area contributed by atoms with E-state index in [9.17, 15) is 13.2 Å². The van der Waals surface area contributed by atoms with E-state index in [1.54, 1.807) is 12.1 Å². The highest BCUT2D eigenvalue weighted by molar-refractivity contribution is 7.89. The third-order valence-electron chi connectivity index (χ3n) is 1.83. The zero-order valence-corrected chi connectivity index (χ0v) is 10.1. The molecule has 1 amide bonds. The predicted molar refractivity (Wildman–Crippen MR) is 62.8 cm³/mol. The Morgan fingerprint density at radius 2 is 2.24 bits per heavy atom. The lowest BCUT2D eigenvalue weighted by molar-refractivity contribution is -0.116. The summed E-state index contributed by atoms with van der Waals surface area (Å²) < 4.78 is 25.7. The third kappa shape index (κ3) is 3.68. The predicted octanol–water partition coefficient (Wildman–Crippen LogP) is -0.723. The maximum atomic E-state index is 11.8. The molecule has 0 saturated heterocycles. The molecule has 17 heavy (non-hydrogen) atoms. The van der Waals surface area contributed by atoms with Crippen LogP contribution in [0.25, 0.3) is 0 Å².